The molecule has 5 N–H and O–H groups in total. The Hall–Kier alpha value is -3.27. The minimum atomic E-state index is -0.952. The number of rotatable bonds is 15. The molecule has 36 heavy (non-hydrogen) atoms. The first-order valence-corrected chi connectivity index (χ1v) is 13.0. The third kappa shape index (κ3) is 7.87. The van der Waals surface area contributed by atoms with E-state index in [9.17, 15) is 14.7 Å². The number of carboxylic acids is 1. The van der Waals surface area contributed by atoms with Gasteiger partial charge in [-0.15, -0.1) is 0 Å². The van der Waals surface area contributed by atoms with Crippen molar-refractivity contribution in [1.29, 1.82) is 0 Å². The van der Waals surface area contributed by atoms with Gasteiger partial charge in [-0.2, -0.15) is 0 Å². The van der Waals surface area contributed by atoms with Crippen molar-refractivity contribution in [1.82, 2.24) is 19.9 Å². The molecule has 2 aliphatic rings. The predicted molar refractivity (Wildman–Crippen MR) is 138 cm³/mol. The molecule has 2 aromatic rings. The summed E-state index contributed by atoms with van der Waals surface area (Å²) in [5.41, 5.74) is 8.84. The number of hydrogen-bond donors (Lipinski definition) is 4. The van der Waals surface area contributed by atoms with Crippen LogP contribution < -0.4 is 16.4 Å². The van der Waals surface area contributed by atoms with Crippen LogP contribution >= 0.6 is 0 Å². The first-order valence-electron chi connectivity index (χ1n) is 13.0. The molecular formula is C26H37N7O3. The van der Waals surface area contributed by atoms with Crippen molar-refractivity contribution < 1.29 is 14.7 Å². The Bertz CT molecular complexity index is 1030. The molecule has 2 aromatic heterocycles. The Balaban J connectivity index is 1.25. The maximum atomic E-state index is 11.9. The molecule has 10 nitrogen and oxygen atoms in total. The number of aryl methyl sites for hydroxylation is 2. The van der Waals surface area contributed by atoms with Gasteiger partial charge < -0.3 is 26.4 Å². The van der Waals surface area contributed by atoms with Gasteiger partial charge in [0.05, 0.1) is 0 Å². The van der Waals surface area contributed by atoms with Crippen molar-refractivity contribution in [3.05, 3.63) is 41.3 Å². The zero-order valence-corrected chi connectivity index (χ0v) is 20.8. The number of hydrogen-bond acceptors (Lipinski definition) is 8. The summed E-state index contributed by atoms with van der Waals surface area (Å²) in [7, 11) is 0. The van der Waals surface area contributed by atoms with Crippen molar-refractivity contribution in [3.63, 3.8) is 0 Å². The van der Waals surface area contributed by atoms with Gasteiger partial charge >= 0.3 is 5.97 Å². The molecule has 0 bridgehead atoms. The molecule has 0 aromatic carbocycles. The second-order valence-corrected chi connectivity index (χ2v) is 9.79. The quantitative estimate of drug-likeness (QED) is 0.274. The van der Waals surface area contributed by atoms with Gasteiger partial charge in [-0.1, -0.05) is 6.07 Å². The fourth-order valence-electron chi connectivity index (χ4n) is 4.52. The molecular weight excluding hydrogens is 458 g/mol. The van der Waals surface area contributed by atoms with Crippen LogP contribution in [0.25, 0.3) is 0 Å². The Morgan fingerprint density at radius 2 is 1.97 bits per heavy atom. The number of nitrogens with two attached hydrogens (primary N) is 1. The summed E-state index contributed by atoms with van der Waals surface area (Å²) in [5.74, 6) is 0.574. The van der Waals surface area contributed by atoms with E-state index in [2.05, 4.69) is 37.6 Å². The summed E-state index contributed by atoms with van der Waals surface area (Å²) in [6, 6.07) is 3.46. The summed E-state index contributed by atoms with van der Waals surface area (Å²) in [5, 5.41) is 16.0. The van der Waals surface area contributed by atoms with Gasteiger partial charge in [-0.05, 0) is 81.0 Å². The molecule has 194 valence electrons. The second-order valence-electron chi connectivity index (χ2n) is 9.79. The molecule has 10 heteroatoms. The van der Waals surface area contributed by atoms with Crippen LogP contribution in [0.3, 0.4) is 0 Å². The number of unbranched alkanes of at least 4 members (excludes halogenated alkanes) is 1. The number of nitrogens with zero attached hydrogens (tertiary/aromatic N) is 4. The Kier molecular flexibility index (Phi) is 9.05. The summed E-state index contributed by atoms with van der Waals surface area (Å²) >= 11 is 0. The van der Waals surface area contributed by atoms with Gasteiger partial charge in [-0.25, -0.2) is 19.7 Å². The molecule has 1 fully saturated rings. The SMILES string of the molecule is NC(=O)CCN(CCCCc1ccc2c(n1)NCCC2)CC[C@H](Nc1ncc(C2CC2)cn1)C(=O)O. The molecule has 0 saturated heterocycles. The maximum absolute atomic E-state index is 11.9. The molecule has 1 aliphatic carbocycles. The van der Waals surface area contributed by atoms with Crippen LogP contribution in [-0.2, 0) is 22.4 Å². The van der Waals surface area contributed by atoms with E-state index < -0.39 is 12.0 Å². The minimum Gasteiger partial charge on any atom is -0.480 e. The summed E-state index contributed by atoms with van der Waals surface area (Å²) in [6.45, 7) is 2.77. The average molecular weight is 496 g/mol. The minimum absolute atomic E-state index is 0.245. The Morgan fingerprint density at radius 3 is 2.69 bits per heavy atom. The lowest BCUT2D eigenvalue weighted by Crippen LogP contribution is -2.37. The third-order valence-corrected chi connectivity index (χ3v) is 6.84. The largest absolute Gasteiger partial charge is 0.480 e. The number of primary amides is 1. The Morgan fingerprint density at radius 1 is 1.17 bits per heavy atom. The lowest BCUT2D eigenvalue weighted by Gasteiger charge is -2.24. The number of amides is 1. The molecule has 0 unspecified atom stereocenters. The molecule has 1 atom stereocenters. The summed E-state index contributed by atoms with van der Waals surface area (Å²) < 4.78 is 0. The number of carbonyl (C=O) groups excluding carboxylic acids is 1. The number of fused-ring (bicyclic) bond motifs is 1. The second kappa shape index (κ2) is 12.6. The molecule has 0 radical (unpaired) electrons. The lowest BCUT2D eigenvalue weighted by molar-refractivity contribution is -0.138. The zero-order chi connectivity index (χ0) is 25.3. The van der Waals surface area contributed by atoms with E-state index >= 15 is 0 Å². The van der Waals surface area contributed by atoms with E-state index in [1.165, 1.54) is 5.56 Å². The summed E-state index contributed by atoms with van der Waals surface area (Å²) in [4.78, 5) is 38.7. The fourth-order valence-corrected chi connectivity index (χ4v) is 4.52. The highest BCUT2D eigenvalue weighted by atomic mass is 16.4. The number of pyridine rings is 1. The standard InChI is InChI=1S/C26H37N7O3/c27-23(34)11-15-33(13-2-1-5-21-9-8-19-4-3-12-28-24(19)31-21)14-10-22(25(35)36)32-26-29-16-20(17-30-26)18-6-7-18/h8-9,16-18,22H,1-7,10-15H2,(H2,27,34)(H,28,31)(H,35,36)(H,29,30,32)/t22-/m0/s1. The molecule has 3 heterocycles. The monoisotopic (exact) mass is 495 g/mol. The number of aliphatic carboxylic acids is 1. The average Bonchev–Trinajstić information content (AvgIpc) is 3.72. The van der Waals surface area contributed by atoms with Crippen molar-refractivity contribution in [3.8, 4) is 0 Å². The topological polar surface area (TPSA) is 146 Å². The molecule has 4 rings (SSSR count). The zero-order valence-electron chi connectivity index (χ0n) is 20.8. The smallest absolute Gasteiger partial charge is 0.326 e. The highest BCUT2D eigenvalue weighted by Gasteiger charge is 2.25. The predicted octanol–water partition coefficient (Wildman–Crippen LogP) is 2.56. The lowest BCUT2D eigenvalue weighted by atomic mass is 10.1. The number of carboxylic acid groups (broad SMARTS) is 1. The third-order valence-electron chi connectivity index (χ3n) is 6.84. The molecule has 1 amide bonds. The molecule has 1 saturated carbocycles. The number of carbonyl (C=O) groups is 2. The molecule has 0 spiro atoms. The van der Waals surface area contributed by atoms with Gasteiger partial charge in [0.15, 0.2) is 0 Å². The van der Waals surface area contributed by atoms with Gasteiger partial charge in [0.25, 0.3) is 0 Å². The number of anilines is 2. The van der Waals surface area contributed by atoms with E-state index in [0.29, 0.717) is 31.4 Å². The molecule has 1 aliphatic heterocycles. The Labute approximate surface area is 212 Å². The maximum Gasteiger partial charge on any atom is 0.326 e. The van der Waals surface area contributed by atoms with Crippen LogP contribution in [0, 0.1) is 0 Å². The highest BCUT2D eigenvalue weighted by Crippen LogP contribution is 2.39. The van der Waals surface area contributed by atoms with Crippen LogP contribution in [0.1, 0.15) is 67.7 Å². The van der Waals surface area contributed by atoms with Crippen LogP contribution in [0.2, 0.25) is 0 Å². The first-order chi connectivity index (χ1) is 17.5. The van der Waals surface area contributed by atoms with Crippen molar-refractivity contribution >= 4 is 23.6 Å². The van der Waals surface area contributed by atoms with Crippen molar-refractivity contribution in [2.24, 2.45) is 5.73 Å². The van der Waals surface area contributed by atoms with Gasteiger partial charge in [0.2, 0.25) is 11.9 Å². The van der Waals surface area contributed by atoms with E-state index in [1.807, 2.05) is 0 Å². The first kappa shape index (κ1) is 25.8. The van der Waals surface area contributed by atoms with Gasteiger partial charge in [-0.3, -0.25) is 4.79 Å². The van der Waals surface area contributed by atoms with Crippen LogP contribution in [0.4, 0.5) is 11.8 Å². The van der Waals surface area contributed by atoms with Crippen LogP contribution in [0.5, 0.6) is 0 Å². The van der Waals surface area contributed by atoms with Gasteiger partial charge in [0, 0.05) is 44.1 Å². The van der Waals surface area contributed by atoms with Gasteiger partial charge in [0.1, 0.15) is 11.9 Å². The van der Waals surface area contributed by atoms with E-state index in [-0.39, 0.29) is 12.3 Å². The normalized spacial score (nSPS) is 15.7. The number of nitrogens with one attached hydrogen (secondary N) is 2. The van der Waals surface area contributed by atoms with Crippen LogP contribution in [0.15, 0.2) is 24.5 Å². The van der Waals surface area contributed by atoms with E-state index in [4.69, 9.17) is 10.7 Å². The van der Waals surface area contributed by atoms with Crippen molar-refractivity contribution in [2.75, 3.05) is 36.8 Å². The van der Waals surface area contributed by atoms with Crippen molar-refractivity contribution in [2.45, 2.75) is 69.7 Å². The van der Waals surface area contributed by atoms with E-state index in [0.717, 1.165) is 75.1 Å². The van der Waals surface area contributed by atoms with E-state index in [1.54, 1.807) is 12.4 Å². The number of aromatic nitrogens is 3. The summed E-state index contributed by atoms with van der Waals surface area (Å²) in [6.07, 6.45) is 11.5. The fraction of sp³-hybridized carbons (Fsp3) is 0.577. The van der Waals surface area contributed by atoms with Crippen LogP contribution in [-0.4, -0.2) is 69.1 Å². The highest BCUT2D eigenvalue weighted by molar-refractivity contribution is 5.76.